The third-order valence-electron chi connectivity index (χ3n) is 2.22. The molecular formula is C11H7F3O. The summed E-state index contributed by atoms with van der Waals surface area (Å²) in [5.41, 5.74) is 0.521. The van der Waals surface area contributed by atoms with E-state index in [1.165, 1.54) is 18.2 Å². The van der Waals surface area contributed by atoms with E-state index in [-0.39, 0.29) is 17.4 Å². The van der Waals surface area contributed by atoms with Gasteiger partial charge in [0.05, 0.1) is 6.61 Å². The first kappa shape index (κ1) is 9.98. The summed E-state index contributed by atoms with van der Waals surface area (Å²) in [6, 6.07) is 5.11. The van der Waals surface area contributed by atoms with Gasteiger partial charge in [0.15, 0.2) is 17.5 Å². The summed E-state index contributed by atoms with van der Waals surface area (Å²) in [5, 5.41) is 9.07. The van der Waals surface area contributed by atoms with Crippen LogP contribution in [0.4, 0.5) is 13.2 Å². The molecule has 0 heterocycles. The number of aliphatic hydroxyl groups is 1. The summed E-state index contributed by atoms with van der Waals surface area (Å²) in [4.78, 5) is 0. The summed E-state index contributed by atoms with van der Waals surface area (Å²) in [5.74, 6) is -3.90. The van der Waals surface area contributed by atoms with Gasteiger partial charge in [-0.15, -0.1) is 0 Å². The molecule has 2 rings (SSSR count). The van der Waals surface area contributed by atoms with Gasteiger partial charge in [0, 0.05) is 5.39 Å². The second kappa shape index (κ2) is 3.55. The highest BCUT2D eigenvalue weighted by Gasteiger charge is 2.13. The van der Waals surface area contributed by atoms with Gasteiger partial charge in [0.25, 0.3) is 0 Å². The summed E-state index contributed by atoms with van der Waals surface area (Å²) in [6.45, 7) is -0.226. The predicted octanol–water partition coefficient (Wildman–Crippen LogP) is 2.75. The van der Waals surface area contributed by atoms with E-state index >= 15 is 0 Å². The number of hydrogen-bond acceptors (Lipinski definition) is 1. The lowest BCUT2D eigenvalue weighted by Gasteiger charge is -2.03. The molecule has 0 fully saturated rings. The van der Waals surface area contributed by atoms with Gasteiger partial charge in [-0.2, -0.15) is 0 Å². The largest absolute Gasteiger partial charge is 0.392 e. The Morgan fingerprint density at radius 3 is 2.40 bits per heavy atom. The van der Waals surface area contributed by atoms with Crippen LogP contribution in [-0.4, -0.2) is 5.11 Å². The molecule has 0 aliphatic carbocycles. The fourth-order valence-electron chi connectivity index (χ4n) is 1.45. The second-order valence-corrected chi connectivity index (χ2v) is 3.20. The van der Waals surface area contributed by atoms with Crippen LogP contribution in [0.2, 0.25) is 0 Å². The summed E-state index contributed by atoms with van der Waals surface area (Å²) in [7, 11) is 0. The molecule has 0 spiro atoms. The Balaban J connectivity index is 2.80. The smallest absolute Gasteiger partial charge is 0.195 e. The Hall–Kier alpha value is -1.55. The molecule has 0 saturated carbocycles. The van der Waals surface area contributed by atoms with Crippen LogP contribution in [0.3, 0.4) is 0 Å². The topological polar surface area (TPSA) is 20.2 Å². The lowest BCUT2D eigenvalue weighted by Crippen LogP contribution is -1.93. The highest BCUT2D eigenvalue weighted by atomic mass is 19.2. The molecule has 1 N–H and O–H groups in total. The van der Waals surface area contributed by atoms with Gasteiger partial charge in [0.2, 0.25) is 0 Å². The van der Waals surface area contributed by atoms with Gasteiger partial charge < -0.3 is 5.11 Å². The Labute approximate surface area is 83.8 Å². The van der Waals surface area contributed by atoms with Crippen LogP contribution >= 0.6 is 0 Å². The Morgan fingerprint density at radius 1 is 1.00 bits per heavy atom. The van der Waals surface area contributed by atoms with E-state index in [1.807, 2.05) is 0 Å². The Morgan fingerprint density at radius 2 is 1.73 bits per heavy atom. The van der Waals surface area contributed by atoms with Gasteiger partial charge in [0.1, 0.15) is 0 Å². The zero-order valence-corrected chi connectivity index (χ0v) is 7.60. The van der Waals surface area contributed by atoms with Crippen molar-refractivity contribution in [2.24, 2.45) is 0 Å². The number of aliphatic hydroxyl groups excluding tert-OH is 1. The van der Waals surface area contributed by atoms with Gasteiger partial charge in [-0.05, 0) is 23.1 Å². The summed E-state index contributed by atoms with van der Waals surface area (Å²) >= 11 is 0. The van der Waals surface area contributed by atoms with Crippen LogP contribution in [0, 0.1) is 17.5 Å². The van der Waals surface area contributed by atoms with Gasteiger partial charge >= 0.3 is 0 Å². The van der Waals surface area contributed by atoms with E-state index in [0.29, 0.717) is 5.56 Å². The maximum atomic E-state index is 13.2. The quantitative estimate of drug-likeness (QED) is 0.720. The van der Waals surface area contributed by atoms with Crippen LogP contribution in [-0.2, 0) is 6.61 Å². The third kappa shape index (κ3) is 1.57. The highest BCUT2D eigenvalue weighted by molar-refractivity contribution is 5.84. The summed E-state index contributed by atoms with van der Waals surface area (Å²) in [6.07, 6.45) is 0. The molecule has 1 nitrogen and oxygen atoms in total. The van der Waals surface area contributed by atoms with Crippen molar-refractivity contribution in [2.75, 3.05) is 0 Å². The van der Waals surface area contributed by atoms with Crippen LogP contribution in [0.5, 0.6) is 0 Å². The number of fused-ring (bicyclic) bond motifs is 1. The van der Waals surface area contributed by atoms with Crippen molar-refractivity contribution >= 4 is 10.8 Å². The van der Waals surface area contributed by atoms with Crippen molar-refractivity contribution in [1.29, 1.82) is 0 Å². The molecule has 2 aromatic carbocycles. The van der Waals surface area contributed by atoms with Crippen molar-refractivity contribution in [3.8, 4) is 0 Å². The molecule has 0 amide bonds. The fraction of sp³-hybridized carbons (Fsp3) is 0.0909. The molecule has 2 aromatic rings. The first-order valence-corrected chi connectivity index (χ1v) is 4.30. The van der Waals surface area contributed by atoms with E-state index in [0.717, 1.165) is 6.07 Å². The molecule has 0 atom stereocenters. The van der Waals surface area contributed by atoms with Crippen molar-refractivity contribution in [3.05, 3.63) is 47.3 Å². The zero-order valence-electron chi connectivity index (χ0n) is 7.60. The van der Waals surface area contributed by atoms with Crippen molar-refractivity contribution in [3.63, 3.8) is 0 Å². The molecule has 0 aliphatic rings. The van der Waals surface area contributed by atoms with Gasteiger partial charge in [-0.1, -0.05) is 12.1 Å². The number of benzene rings is 2. The van der Waals surface area contributed by atoms with Gasteiger partial charge in [-0.25, -0.2) is 13.2 Å². The summed E-state index contributed by atoms with van der Waals surface area (Å²) < 4.78 is 38.9. The SMILES string of the molecule is OCc1ccc2c(F)c(F)c(F)cc2c1. The van der Waals surface area contributed by atoms with Crippen molar-refractivity contribution < 1.29 is 18.3 Å². The van der Waals surface area contributed by atoms with Crippen molar-refractivity contribution in [2.45, 2.75) is 6.61 Å². The van der Waals surface area contributed by atoms with Crippen LogP contribution < -0.4 is 0 Å². The molecule has 0 bridgehead atoms. The standard InChI is InChI=1S/C11H7F3O/c12-9-4-7-3-6(5-15)1-2-8(7)10(13)11(9)14/h1-4,15H,5H2. The van der Waals surface area contributed by atoms with Gasteiger partial charge in [-0.3, -0.25) is 0 Å². The van der Waals surface area contributed by atoms with E-state index in [1.54, 1.807) is 0 Å². The molecule has 15 heavy (non-hydrogen) atoms. The maximum Gasteiger partial charge on any atom is 0.195 e. The van der Waals surface area contributed by atoms with E-state index in [4.69, 9.17) is 5.11 Å². The lowest BCUT2D eigenvalue weighted by molar-refractivity contribution is 0.282. The first-order chi connectivity index (χ1) is 7.13. The number of rotatable bonds is 1. The monoisotopic (exact) mass is 212 g/mol. The first-order valence-electron chi connectivity index (χ1n) is 4.30. The molecule has 0 aromatic heterocycles. The number of halogens is 3. The average Bonchev–Trinajstić information content (AvgIpc) is 2.25. The third-order valence-corrected chi connectivity index (χ3v) is 2.22. The normalized spacial score (nSPS) is 10.9. The minimum Gasteiger partial charge on any atom is -0.392 e. The molecule has 0 radical (unpaired) electrons. The average molecular weight is 212 g/mol. The fourth-order valence-corrected chi connectivity index (χ4v) is 1.45. The minimum atomic E-state index is -1.47. The van der Waals surface area contributed by atoms with E-state index in [2.05, 4.69) is 0 Å². The Bertz CT molecular complexity index is 523. The molecular weight excluding hydrogens is 205 g/mol. The zero-order chi connectivity index (χ0) is 11.0. The van der Waals surface area contributed by atoms with Crippen LogP contribution in [0.15, 0.2) is 24.3 Å². The number of hydrogen-bond donors (Lipinski definition) is 1. The molecule has 4 heteroatoms. The van der Waals surface area contributed by atoms with E-state index < -0.39 is 17.5 Å². The van der Waals surface area contributed by atoms with Crippen LogP contribution in [0.1, 0.15) is 5.56 Å². The Kier molecular flexibility index (Phi) is 2.36. The minimum absolute atomic E-state index is 0.00565. The van der Waals surface area contributed by atoms with Crippen LogP contribution in [0.25, 0.3) is 10.8 Å². The molecule has 0 saturated heterocycles. The molecule has 78 valence electrons. The lowest BCUT2D eigenvalue weighted by atomic mass is 10.1. The second-order valence-electron chi connectivity index (χ2n) is 3.20. The predicted molar refractivity (Wildman–Crippen MR) is 49.7 cm³/mol. The maximum absolute atomic E-state index is 13.2. The van der Waals surface area contributed by atoms with Crippen molar-refractivity contribution in [1.82, 2.24) is 0 Å². The highest BCUT2D eigenvalue weighted by Crippen LogP contribution is 2.23. The van der Waals surface area contributed by atoms with E-state index in [9.17, 15) is 13.2 Å². The molecule has 0 unspecified atom stereocenters. The molecule has 0 aliphatic heterocycles.